The van der Waals surface area contributed by atoms with Crippen molar-refractivity contribution in [1.82, 2.24) is 5.32 Å². The summed E-state index contributed by atoms with van der Waals surface area (Å²) >= 11 is 0. The molecule has 0 bridgehead atoms. The number of para-hydroxylation sites is 1. The molecule has 0 aliphatic heterocycles. The third kappa shape index (κ3) is 5.43. The molecule has 1 atom stereocenters. The predicted octanol–water partition coefficient (Wildman–Crippen LogP) is 2.35. The first kappa shape index (κ1) is 16.5. The standard InChI is InChI=1S/C17H17FN2O3/c1-12(17(22)20-14-9-7-13(18)8-10-14)19-16(21)11-23-15-5-3-2-4-6-15/h2-10,12H,11H2,1H3,(H,19,21)(H,20,22). The molecule has 6 heteroatoms. The zero-order valence-corrected chi connectivity index (χ0v) is 12.6. The maximum atomic E-state index is 12.8. The highest BCUT2D eigenvalue weighted by Gasteiger charge is 2.16. The summed E-state index contributed by atoms with van der Waals surface area (Å²) < 4.78 is 18.1. The molecule has 2 aromatic carbocycles. The Morgan fingerprint density at radius 1 is 1.09 bits per heavy atom. The number of carbonyl (C=O) groups excluding carboxylic acids is 2. The summed E-state index contributed by atoms with van der Waals surface area (Å²) in [5, 5.41) is 5.12. The summed E-state index contributed by atoms with van der Waals surface area (Å²) in [7, 11) is 0. The second kappa shape index (κ2) is 7.93. The number of nitrogens with one attached hydrogen (secondary N) is 2. The van der Waals surface area contributed by atoms with Crippen LogP contribution in [0.5, 0.6) is 5.75 Å². The van der Waals surface area contributed by atoms with E-state index >= 15 is 0 Å². The van der Waals surface area contributed by atoms with Crippen molar-refractivity contribution < 1.29 is 18.7 Å². The summed E-state index contributed by atoms with van der Waals surface area (Å²) in [5.74, 6) is -0.617. The van der Waals surface area contributed by atoms with Crippen LogP contribution in [-0.4, -0.2) is 24.5 Å². The Hall–Kier alpha value is -2.89. The molecular weight excluding hydrogens is 299 g/mol. The molecule has 2 rings (SSSR count). The minimum Gasteiger partial charge on any atom is -0.484 e. The Balaban J connectivity index is 1.78. The molecule has 0 heterocycles. The van der Waals surface area contributed by atoms with E-state index in [-0.39, 0.29) is 12.4 Å². The number of hydrogen-bond donors (Lipinski definition) is 2. The van der Waals surface area contributed by atoms with Crippen LogP contribution in [-0.2, 0) is 9.59 Å². The number of halogens is 1. The van der Waals surface area contributed by atoms with Gasteiger partial charge >= 0.3 is 0 Å². The molecule has 120 valence electrons. The molecule has 2 amide bonds. The van der Waals surface area contributed by atoms with Gasteiger partial charge in [-0.2, -0.15) is 0 Å². The summed E-state index contributed by atoms with van der Waals surface area (Å²) in [5.41, 5.74) is 0.457. The average molecular weight is 316 g/mol. The monoisotopic (exact) mass is 316 g/mol. The van der Waals surface area contributed by atoms with Crippen LogP contribution in [0.1, 0.15) is 6.92 Å². The summed E-state index contributed by atoms with van der Waals surface area (Å²) in [4.78, 5) is 23.7. The molecule has 0 saturated carbocycles. The first-order valence-corrected chi connectivity index (χ1v) is 7.08. The molecule has 0 spiro atoms. The summed E-state index contributed by atoms with van der Waals surface area (Å²) in [6.45, 7) is 1.37. The topological polar surface area (TPSA) is 67.4 Å². The van der Waals surface area contributed by atoms with Gasteiger partial charge in [0.2, 0.25) is 5.91 Å². The van der Waals surface area contributed by atoms with E-state index < -0.39 is 17.9 Å². The Bertz CT molecular complexity index is 659. The fourth-order valence-corrected chi connectivity index (χ4v) is 1.80. The second-order valence-electron chi connectivity index (χ2n) is 4.89. The van der Waals surface area contributed by atoms with E-state index in [1.54, 1.807) is 31.2 Å². The molecule has 0 fully saturated rings. The molecule has 1 unspecified atom stereocenters. The normalized spacial score (nSPS) is 11.4. The molecule has 2 N–H and O–H groups in total. The fraction of sp³-hybridized carbons (Fsp3) is 0.176. The third-order valence-electron chi connectivity index (χ3n) is 3.00. The maximum Gasteiger partial charge on any atom is 0.258 e. The van der Waals surface area contributed by atoms with Gasteiger partial charge in [-0.25, -0.2) is 4.39 Å². The Morgan fingerprint density at radius 3 is 2.39 bits per heavy atom. The van der Waals surface area contributed by atoms with Crippen molar-refractivity contribution in [3.63, 3.8) is 0 Å². The Morgan fingerprint density at radius 2 is 1.74 bits per heavy atom. The van der Waals surface area contributed by atoms with Crippen LogP contribution in [0.3, 0.4) is 0 Å². The lowest BCUT2D eigenvalue weighted by Crippen LogP contribution is -2.43. The van der Waals surface area contributed by atoms with Crippen LogP contribution >= 0.6 is 0 Å². The smallest absolute Gasteiger partial charge is 0.258 e. The minimum atomic E-state index is -0.744. The molecule has 0 aliphatic rings. The van der Waals surface area contributed by atoms with Gasteiger partial charge in [0, 0.05) is 5.69 Å². The number of ether oxygens (including phenoxy) is 1. The van der Waals surface area contributed by atoms with Crippen molar-refractivity contribution >= 4 is 17.5 Å². The quantitative estimate of drug-likeness (QED) is 0.859. The van der Waals surface area contributed by atoms with Crippen molar-refractivity contribution in [3.8, 4) is 5.75 Å². The number of anilines is 1. The third-order valence-corrected chi connectivity index (χ3v) is 3.00. The number of amides is 2. The van der Waals surface area contributed by atoms with Crippen molar-refractivity contribution in [3.05, 3.63) is 60.4 Å². The van der Waals surface area contributed by atoms with Gasteiger partial charge in [0.15, 0.2) is 6.61 Å². The van der Waals surface area contributed by atoms with Crippen molar-refractivity contribution in [1.29, 1.82) is 0 Å². The van der Waals surface area contributed by atoms with Crippen LogP contribution in [0.4, 0.5) is 10.1 Å². The zero-order valence-electron chi connectivity index (χ0n) is 12.6. The van der Waals surface area contributed by atoms with E-state index in [1.807, 2.05) is 6.07 Å². The molecule has 0 aromatic heterocycles. The molecule has 23 heavy (non-hydrogen) atoms. The van der Waals surface area contributed by atoms with Gasteiger partial charge in [0.25, 0.3) is 5.91 Å². The lowest BCUT2D eigenvalue weighted by molar-refractivity contribution is -0.127. The number of rotatable bonds is 6. The second-order valence-corrected chi connectivity index (χ2v) is 4.89. The van der Waals surface area contributed by atoms with E-state index in [2.05, 4.69) is 10.6 Å². The van der Waals surface area contributed by atoms with Gasteiger partial charge in [0.1, 0.15) is 17.6 Å². The molecule has 0 radical (unpaired) electrons. The van der Waals surface area contributed by atoms with E-state index in [1.165, 1.54) is 24.3 Å². The van der Waals surface area contributed by atoms with Gasteiger partial charge in [-0.15, -0.1) is 0 Å². The molecule has 5 nitrogen and oxygen atoms in total. The lowest BCUT2D eigenvalue weighted by atomic mass is 10.2. The highest BCUT2D eigenvalue weighted by Crippen LogP contribution is 2.09. The average Bonchev–Trinajstić information content (AvgIpc) is 2.56. The van der Waals surface area contributed by atoms with E-state index in [0.717, 1.165) is 0 Å². The van der Waals surface area contributed by atoms with E-state index in [9.17, 15) is 14.0 Å². The van der Waals surface area contributed by atoms with Crippen LogP contribution in [0.25, 0.3) is 0 Å². The maximum absolute atomic E-state index is 12.8. The van der Waals surface area contributed by atoms with Crippen molar-refractivity contribution in [2.75, 3.05) is 11.9 Å². The van der Waals surface area contributed by atoms with Crippen LogP contribution in [0.2, 0.25) is 0 Å². The van der Waals surface area contributed by atoms with Crippen LogP contribution < -0.4 is 15.4 Å². The summed E-state index contributed by atoms with van der Waals surface area (Å²) in [6, 6.07) is 13.5. The first-order valence-electron chi connectivity index (χ1n) is 7.08. The largest absolute Gasteiger partial charge is 0.484 e. The Labute approximate surface area is 133 Å². The number of benzene rings is 2. The molecule has 0 aliphatic carbocycles. The first-order chi connectivity index (χ1) is 11.0. The summed E-state index contributed by atoms with van der Waals surface area (Å²) in [6.07, 6.45) is 0. The highest BCUT2D eigenvalue weighted by molar-refractivity contribution is 5.97. The highest BCUT2D eigenvalue weighted by atomic mass is 19.1. The van der Waals surface area contributed by atoms with Gasteiger partial charge in [-0.3, -0.25) is 9.59 Å². The van der Waals surface area contributed by atoms with Crippen molar-refractivity contribution in [2.24, 2.45) is 0 Å². The molecule has 2 aromatic rings. The fourth-order valence-electron chi connectivity index (χ4n) is 1.80. The number of hydrogen-bond acceptors (Lipinski definition) is 3. The predicted molar refractivity (Wildman–Crippen MR) is 84.6 cm³/mol. The molecular formula is C17H17FN2O3. The van der Waals surface area contributed by atoms with E-state index in [4.69, 9.17) is 4.74 Å². The molecule has 0 saturated heterocycles. The number of carbonyl (C=O) groups is 2. The van der Waals surface area contributed by atoms with Gasteiger partial charge in [0.05, 0.1) is 0 Å². The van der Waals surface area contributed by atoms with Gasteiger partial charge < -0.3 is 15.4 Å². The van der Waals surface area contributed by atoms with Crippen LogP contribution in [0.15, 0.2) is 54.6 Å². The SMILES string of the molecule is CC(NC(=O)COc1ccccc1)C(=O)Nc1ccc(F)cc1. The van der Waals surface area contributed by atoms with Crippen LogP contribution in [0, 0.1) is 5.82 Å². The zero-order chi connectivity index (χ0) is 16.7. The minimum absolute atomic E-state index is 0.182. The lowest BCUT2D eigenvalue weighted by Gasteiger charge is -2.14. The van der Waals surface area contributed by atoms with E-state index in [0.29, 0.717) is 11.4 Å². The Kier molecular flexibility index (Phi) is 5.68. The van der Waals surface area contributed by atoms with Gasteiger partial charge in [-0.05, 0) is 43.3 Å². The van der Waals surface area contributed by atoms with Crippen molar-refractivity contribution in [2.45, 2.75) is 13.0 Å². The van der Waals surface area contributed by atoms with Gasteiger partial charge in [-0.1, -0.05) is 18.2 Å².